The van der Waals surface area contributed by atoms with E-state index in [1.54, 1.807) is 20.2 Å². The largest absolute Gasteiger partial charge is 0.368 e. The SMILES string of the molecule is CN(C)C(=O)c1ccc(CN2CCc3ccccc3C2C(N)=O)[nH]1. The summed E-state index contributed by atoms with van der Waals surface area (Å²) in [7, 11) is 3.43. The van der Waals surface area contributed by atoms with Gasteiger partial charge in [-0.25, -0.2) is 0 Å². The first-order chi connectivity index (χ1) is 11.5. The molecule has 1 unspecified atom stereocenters. The lowest BCUT2D eigenvalue weighted by atomic mass is 9.92. The zero-order valence-corrected chi connectivity index (χ0v) is 14.0. The van der Waals surface area contributed by atoms with Gasteiger partial charge in [0, 0.05) is 32.9 Å². The average molecular weight is 326 g/mol. The van der Waals surface area contributed by atoms with E-state index in [4.69, 9.17) is 5.73 Å². The molecule has 3 rings (SSSR count). The molecule has 24 heavy (non-hydrogen) atoms. The first kappa shape index (κ1) is 16.3. The van der Waals surface area contributed by atoms with E-state index in [2.05, 4.69) is 9.88 Å². The van der Waals surface area contributed by atoms with Crippen LogP contribution in [-0.4, -0.2) is 47.2 Å². The highest BCUT2D eigenvalue weighted by atomic mass is 16.2. The van der Waals surface area contributed by atoms with Crippen LogP contribution in [0.5, 0.6) is 0 Å². The smallest absolute Gasteiger partial charge is 0.269 e. The Bertz CT molecular complexity index is 766. The first-order valence-corrected chi connectivity index (χ1v) is 7.98. The van der Waals surface area contributed by atoms with Crippen LogP contribution in [0.3, 0.4) is 0 Å². The molecule has 0 fully saturated rings. The normalized spacial score (nSPS) is 17.3. The minimum Gasteiger partial charge on any atom is -0.368 e. The van der Waals surface area contributed by atoms with Crippen molar-refractivity contribution >= 4 is 11.8 Å². The van der Waals surface area contributed by atoms with E-state index in [0.717, 1.165) is 24.2 Å². The average Bonchev–Trinajstić information content (AvgIpc) is 3.01. The van der Waals surface area contributed by atoms with Crippen molar-refractivity contribution in [2.24, 2.45) is 5.73 Å². The van der Waals surface area contributed by atoms with Crippen molar-refractivity contribution in [2.75, 3.05) is 20.6 Å². The third kappa shape index (κ3) is 3.05. The van der Waals surface area contributed by atoms with E-state index in [-0.39, 0.29) is 11.8 Å². The minimum absolute atomic E-state index is 0.0725. The van der Waals surface area contributed by atoms with Gasteiger partial charge in [-0.05, 0) is 29.7 Å². The van der Waals surface area contributed by atoms with Crippen molar-refractivity contribution in [3.8, 4) is 0 Å². The molecule has 0 bridgehead atoms. The number of nitrogens with one attached hydrogen (secondary N) is 1. The van der Waals surface area contributed by atoms with Gasteiger partial charge >= 0.3 is 0 Å². The van der Waals surface area contributed by atoms with Crippen LogP contribution in [0.2, 0.25) is 0 Å². The molecule has 1 aliphatic rings. The first-order valence-electron chi connectivity index (χ1n) is 7.98. The molecule has 1 aliphatic heterocycles. The molecule has 0 aliphatic carbocycles. The van der Waals surface area contributed by atoms with Gasteiger partial charge < -0.3 is 15.6 Å². The summed E-state index contributed by atoms with van der Waals surface area (Å²) < 4.78 is 0. The maximum atomic E-state index is 12.0. The number of fused-ring (bicyclic) bond motifs is 1. The van der Waals surface area contributed by atoms with E-state index in [9.17, 15) is 9.59 Å². The van der Waals surface area contributed by atoms with E-state index >= 15 is 0 Å². The summed E-state index contributed by atoms with van der Waals surface area (Å²) >= 11 is 0. The third-order valence-corrected chi connectivity index (χ3v) is 4.41. The summed E-state index contributed by atoms with van der Waals surface area (Å²) in [5, 5.41) is 0. The fraction of sp³-hybridized carbons (Fsp3) is 0.333. The maximum absolute atomic E-state index is 12.0. The lowest BCUT2D eigenvalue weighted by Crippen LogP contribution is -2.42. The number of rotatable bonds is 4. The van der Waals surface area contributed by atoms with Gasteiger partial charge in [-0.3, -0.25) is 14.5 Å². The second-order valence-corrected chi connectivity index (χ2v) is 6.32. The van der Waals surface area contributed by atoms with Gasteiger partial charge in [0.25, 0.3) is 5.91 Å². The molecule has 0 spiro atoms. The Morgan fingerprint density at radius 3 is 2.71 bits per heavy atom. The number of nitrogens with zero attached hydrogens (tertiary/aromatic N) is 2. The van der Waals surface area contributed by atoms with Crippen molar-refractivity contribution in [1.29, 1.82) is 0 Å². The van der Waals surface area contributed by atoms with Crippen molar-refractivity contribution in [2.45, 2.75) is 19.0 Å². The molecule has 0 saturated heterocycles. The van der Waals surface area contributed by atoms with Gasteiger partial charge in [-0.1, -0.05) is 24.3 Å². The molecule has 0 radical (unpaired) electrons. The van der Waals surface area contributed by atoms with Crippen molar-refractivity contribution in [3.05, 3.63) is 58.9 Å². The number of aromatic nitrogens is 1. The van der Waals surface area contributed by atoms with Crippen LogP contribution in [0.25, 0.3) is 0 Å². The number of benzene rings is 1. The number of H-pyrrole nitrogens is 1. The number of hydrogen-bond donors (Lipinski definition) is 2. The second kappa shape index (κ2) is 6.49. The Hall–Kier alpha value is -2.60. The zero-order valence-electron chi connectivity index (χ0n) is 14.0. The highest BCUT2D eigenvalue weighted by Gasteiger charge is 2.31. The molecule has 0 saturated carbocycles. The molecule has 1 atom stereocenters. The van der Waals surface area contributed by atoms with Gasteiger partial charge in [0.05, 0.1) is 0 Å². The molecule has 6 heteroatoms. The van der Waals surface area contributed by atoms with Crippen molar-refractivity contribution in [1.82, 2.24) is 14.8 Å². The maximum Gasteiger partial charge on any atom is 0.269 e. The van der Waals surface area contributed by atoms with E-state index in [1.165, 1.54) is 10.5 Å². The summed E-state index contributed by atoms with van der Waals surface area (Å²) in [5.74, 6) is -0.421. The molecule has 2 aromatic rings. The van der Waals surface area contributed by atoms with Crippen LogP contribution in [0.4, 0.5) is 0 Å². The standard InChI is InChI=1S/C18H22N4O2/c1-21(2)18(24)15-8-7-13(20-15)11-22-10-9-12-5-3-4-6-14(12)16(22)17(19)23/h3-8,16,20H,9-11H2,1-2H3,(H2,19,23). The van der Waals surface area contributed by atoms with Gasteiger partial charge in [0.15, 0.2) is 0 Å². The topological polar surface area (TPSA) is 82.4 Å². The van der Waals surface area contributed by atoms with E-state index in [1.807, 2.05) is 30.3 Å². The van der Waals surface area contributed by atoms with Crippen LogP contribution in [0, 0.1) is 0 Å². The summed E-state index contributed by atoms with van der Waals surface area (Å²) in [4.78, 5) is 30.7. The molecule has 2 amide bonds. The quantitative estimate of drug-likeness (QED) is 0.888. The third-order valence-electron chi connectivity index (χ3n) is 4.41. The predicted molar refractivity (Wildman–Crippen MR) is 91.3 cm³/mol. The Balaban J connectivity index is 1.82. The summed E-state index contributed by atoms with van der Waals surface area (Å²) in [6.45, 7) is 1.29. The highest BCUT2D eigenvalue weighted by molar-refractivity contribution is 5.92. The summed E-state index contributed by atoms with van der Waals surface area (Å²) in [6.07, 6.45) is 0.879. The molecular weight excluding hydrogens is 304 g/mol. The van der Waals surface area contributed by atoms with Crippen LogP contribution < -0.4 is 5.73 Å². The number of amides is 2. The van der Waals surface area contributed by atoms with E-state index < -0.39 is 6.04 Å². The van der Waals surface area contributed by atoms with Crippen LogP contribution in [-0.2, 0) is 17.8 Å². The highest BCUT2D eigenvalue weighted by Crippen LogP contribution is 2.30. The Morgan fingerprint density at radius 1 is 1.25 bits per heavy atom. The van der Waals surface area contributed by atoms with Gasteiger partial charge in [0.2, 0.25) is 5.91 Å². The predicted octanol–water partition coefficient (Wildman–Crippen LogP) is 1.30. The summed E-state index contributed by atoms with van der Waals surface area (Å²) in [5.41, 5.74) is 9.26. The van der Waals surface area contributed by atoms with Crippen LogP contribution >= 0.6 is 0 Å². The number of primary amides is 1. The molecule has 3 N–H and O–H groups in total. The second-order valence-electron chi connectivity index (χ2n) is 6.32. The Kier molecular flexibility index (Phi) is 4.40. The zero-order chi connectivity index (χ0) is 17.3. The number of aromatic amines is 1. The lowest BCUT2D eigenvalue weighted by molar-refractivity contribution is -0.124. The van der Waals surface area contributed by atoms with Crippen LogP contribution in [0.15, 0.2) is 36.4 Å². The lowest BCUT2D eigenvalue weighted by Gasteiger charge is -2.35. The monoisotopic (exact) mass is 326 g/mol. The Morgan fingerprint density at radius 2 is 2.00 bits per heavy atom. The molecule has 1 aromatic carbocycles. The van der Waals surface area contributed by atoms with Gasteiger partial charge in [-0.15, -0.1) is 0 Å². The van der Waals surface area contributed by atoms with Crippen LogP contribution in [0.1, 0.15) is 33.4 Å². The molecule has 6 nitrogen and oxygen atoms in total. The molecule has 2 heterocycles. The van der Waals surface area contributed by atoms with E-state index in [0.29, 0.717) is 12.2 Å². The Labute approximate surface area is 141 Å². The fourth-order valence-corrected chi connectivity index (χ4v) is 3.24. The number of hydrogen-bond acceptors (Lipinski definition) is 3. The van der Waals surface area contributed by atoms with Gasteiger partial charge in [0.1, 0.15) is 11.7 Å². The van der Waals surface area contributed by atoms with Crippen molar-refractivity contribution < 1.29 is 9.59 Å². The molecular formula is C18H22N4O2. The number of carbonyl (C=O) groups is 2. The number of carbonyl (C=O) groups excluding carboxylic acids is 2. The molecule has 126 valence electrons. The van der Waals surface area contributed by atoms with Gasteiger partial charge in [-0.2, -0.15) is 0 Å². The fourth-order valence-electron chi connectivity index (χ4n) is 3.24. The minimum atomic E-state index is -0.439. The molecule has 1 aromatic heterocycles. The van der Waals surface area contributed by atoms with Crippen molar-refractivity contribution in [3.63, 3.8) is 0 Å². The number of nitrogens with two attached hydrogens (primary N) is 1. The summed E-state index contributed by atoms with van der Waals surface area (Å²) in [6, 6.07) is 11.1.